The van der Waals surface area contributed by atoms with Gasteiger partial charge < -0.3 is 0 Å². The molecule has 2 aromatic carbocycles. The molecule has 2 aromatic rings. The van der Waals surface area contributed by atoms with Gasteiger partial charge in [0.1, 0.15) is 0 Å². The van der Waals surface area contributed by atoms with Crippen molar-refractivity contribution in [1.82, 2.24) is 0 Å². The predicted octanol–water partition coefficient (Wildman–Crippen LogP) is 3.65. The van der Waals surface area contributed by atoms with Gasteiger partial charge in [-0.3, -0.25) is 0 Å². The van der Waals surface area contributed by atoms with Crippen LogP contribution in [0.25, 0.3) is 0 Å². The van der Waals surface area contributed by atoms with E-state index in [4.69, 9.17) is 11.8 Å². The number of benzene rings is 2. The Hall–Kier alpha value is -1.17. The molecule has 0 heterocycles. The molecular weight excluding hydrogens is 243 g/mol. The molecule has 0 aromatic heterocycles. The fraction of sp³-hybridized carbons (Fsp3) is 0.0667. The molecular formula is C15H15PS. The fourth-order valence-electron chi connectivity index (χ4n) is 1.83. The monoisotopic (exact) mass is 258 g/mol. The van der Waals surface area contributed by atoms with E-state index >= 15 is 0 Å². The van der Waals surface area contributed by atoms with Gasteiger partial charge in [0.15, 0.2) is 0 Å². The normalized spacial score (nSPS) is 11.8. The third kappa shape index (κ3) is 2.57. The summed E-state index contributed by atoms with van der Waals surface area (Å²) in [5.41, 5.74) is 0. The van der Waals surface area contributed by atoms with Crippen LogP contribution in [0.4, 0.5) is 0 Å². The largest absolute Gasteiger partial charge is 0.0858 e. The first-order valence-corrected chi connectivity index (χ1v) is 8.49. The zero-order chi connectivity index (χ0) is 12.1. The molecule has 0 spiro atoms. The smallest absolute Gasteiger partial charge is 0.0307 e. The number of hydrogen-bond acceptors (Lipinski definition) is 1. The van der Waals surface area contributed by atoms with Gasteiger partial charge in [-0.1, -0.05) is 78.5 Å². The highest BCUT2D eigenvalue weighted by Gasteiger charge is 2.17. The van der Waals surface area contributed by atoms with Crippen LogP contribution in [-0.2, 0) is 11.8 Å². The Labute approximate surface area is 108 Å². The lowest BCUT2D eigenvalue weighted by Gasteiger charge is -2.19. The van der Waals surface area contributed by atoms with Crippen LogP contribution >= 0.6 is 6.04 Å². The minimum Gasteiger partial charge on any atom is -0.0858 e. The van der Waals surface area contributed by atoms with Crippen LogP contribution in [0.2, 0.25) is 0 Å². The van der Waals surface area contributed by atoms with Gasteiger partial charge >= 0.3 is 0 Å². The van der Waals surface area contributed by atoms with Crippen molar-refractivity contribution >= 4 is 28.5 Å². The van der Waals surface area contributed by atoms with Crippen LogP contribution in [-0.4, -0.2) is 0 Å². The van der Waals surface area contributed by atoms with Crippen LogP contribution in [0.15, 0.2) is 72.6 Å². The van der Waals surface area contributed by atoms with Crippen molar-refractivity contribution in [2.75, 3.05) is 0 Å². The Morgan fingerprint density at radius 3 is 1.59 bits per heavy atom. The van der Waals surface area contributed by atoms with E-state index in [1.165, 1.54) is 10.6 Å². The van der Waals surface area contributed by atoms with Crippen LogP contribution in [0.3, 0.4) is 0 Å². The van der Waals surface area contributed by atoms with Crippen LogP contribution < -0.4 is 10.6 Å². The second-order valence-electron chi connectivity index (χ2n) is 3.81. The number of hydrogen-bond donors (Lipinski definition) is 0. The van der Waals surface area contributed by atoms with Crippen LogP contribution in [0, 0.1) is 0 Å². The molecule has 0 radical (unpaired) electrons. The molecule has 0 aliphatic rings. The first-order valence-electron chi connectivity index (χ1n) is 5.62. The molecule has 0 amide bonds. The average Bonchev–Trinajstić information content (AvgIpc) is 2.41. The highest BCUT2D eigenvalue weighted by Crippen LogP contribution is 2.45. The van der Waals surface area contributed by atoms with Gasteiger partial charge in [0.25, 0.3) is 0 Å². The lowest BCUT2D eigenvalue weighted by Crippen LogP contribution is -2.13. The highest BCUT2D eigenvalue weighted by atomic mass is 32.4. The molecule has 0 atom stereocenters. The highest BCUT2D eigenvalue weighted by molar-refractivity contribution is 8.23. The topological polar surface area (TPSA) is 0 Å². The van der Waals surface area contributed by atoms with Gasteiger partial charge in [-0.05, 0) is 23.3 Å². The molecule has 0 aliphatic heterocycles. The summed E-state index contributed by atoms with van der Waals surface area (Å²) in [6.45, 7) is 2.03. The van der Waals surface area contributed by atoms with Crippen molar-refractivity contribution < 1.29 is 0 Å². The first kappa shape index (κ1) is 12.3. The van der Waals surface area contributed by atoms with Crippen LogP contribution in [0.1, 0.15) is 6.92 Å². The van der Waals surface area contributed by atoms with Crippen molar-refractivity contribution in [3.63, 3.8) is 0 Å². The van der Waals surface area contributed by atoms with Crippen LogP contribution in [0.5, 0.6) is 0 Å². The minimum absolute atomic E-state index is 1.25. The SMILES string of the molecule is C/C=C/P(=S)(c1ccccc1)c1ccccc1. The third-order valence-electron chi connectivity index (χ3n) is 2.64. The van der Waals surface area contributed by atoms with E-state index in [9.17, 15) is 0 Å². The summed E-state index contributed by atoms with van der Waals surface area (Å²) in [4.78, 5) is 0. The van der Waals surface area contributed by atoms with E-state index in [0.29, 0.717) is 0 Å². The summed E-state index contributed by atoms with van der Waals surface area (Å²) in [5.74, 6) is 2.19. The molecule has 2 heteroatoms. The van der Waals surface area contributed by atoms with Crippen molar-refractivity contribution in [3.05, 3.63) is 72.6 Å². The molecule has 0 saturated heterocycles. The van der Waals surface area contributed by atoms with E-state index in [1.807, 2.05) is 19.1 Å². The molecule has 0 nitrogen and oxygen atoms in total. The van der Waals surface area contributed by atoms with Crippen molar-refractivity contribution in [2.45, 2.75) is 6.92 Å². The Balaban J connectivity index is 2.60. The number of rotatable bonds is 3. The molecule has 0 saturated carbocycles. The van der Waals surface area contributed by atoms with Gasteiger partial charge in [0.2, 0.25) is 0 Å². The summed E-state index contributed by atoms with van der Waals surface area (Å²) in [6, 6.07) is 19.1. The van der Waals surface area contributed by atoms with E-state index in [0.717, 1.165) is 0 Å². The molecule has 0 N–H and O–H groups in total. The Morgan fingerprint density at radius 1 is 0.824 bits per heavy atom. The van der Waals surface area contributed by atoms with Gasteiger partial charge in [-0.15, -0.1) is 0 Å². The number of allylic oxidation sites excluding steroid dienone is 1. The maximum Gasteiger partial charge on any atom is 0.0307 e. The second kappa shape index (κ2) is 5.44. The third-order valence-corrected chi connectivity index (χ3v) is 7.12. The van der Waals surface area contributed by atoms with Crippen molar-refractivity contribution in [2.24, 2.45) is 0 Å². The predicted molar refractivity (Wildman–Crippen MR) is 81.3 cm³/mol. The molecule has 17 heavy (non-hydrogen) atoms. The lowest BCUT2D eigenvalue weighted by molar-refractivity contribution is 1.74. The Kier molecular flexibility index (Phi) is 3.93. The van der Waals surface area contributed by atoms with Gasteiger partial charge in [0.05, 0.1) is 0 Å². The zero-order valence-electron chi connectivity index (χ0n) is 9.78. The lowest BCUT2D eigenvalue weighted by atomic mass is 10.4. The molecule has 86 valence electrons. The van der Waals surface area contributed by atoms with Crippen molar-refractivity contribution in [1.29, 1.82) is 0 Å². The summed E-state index contributed by atoms with van der Waals surface area (Å²) < 4.78 is 0. The second-order valence-corrected chi connectivity index (χ2v) is 8.19. The summed E-state index contributed by atoms with van der Waals surface area (Å²) >= 11 is 5.96. The van der Waals surface area contributed by atoms with Gasteiger partial charge in [-0.2, -0.15) is 0 Å². The first-order chi connectivity index (χ1) is 8.27. The van der Waals surface area contributed by atoms with Gasteiger partial charge in [0, 0.05) is 6.04 Å². The molecule has 0 unspecified atom stereocenters. The fourth-order valence-corrected chi connectivity index (χ4v) is 5.22. The minimum atomic E-state index is -1.77. The quantitative estimate of drug-likeness (QED) is 0.757. The molecule has 0 fully saturated rings. The molecule has 0 aliphatic carbocycles. The van der Waals surface area contributed by atoms with Gasteiger partial charge in [-0.25, -0.2) is 0 Å². The van der Waals surface area contributed by atoms with E-state index in [2.05, 4.69) is 60.4 Å². The Morgan fingerprint density at radius 2 is 1.24 bits per heavy atom. The summed E-state index contributed by atoms with van der Waals surface area (Å²) in [6.07, 6.45) is 2.07. The summed E-state index contributed by atoms with van der Waals surface area (Å²) in [7, 11) is 0. The summed E-state index contributed by atoms with van der Waals surface area (Å²) in [5, 5.41) is 2.50. The maximum absolute atomic E-state index is 5.96. The average molecular weight is 258 g/mol. The van der Waals surface area contributed by atoms with E-state index in [-0.39, 0.29) is 0 Å². The maximum atomic E-state index is 5.96. The molecule has 0 bridgehead atoms. The zero-order valence-corrected chi connectivity index (χ0v) is 11.5. The Bertz CT molecular complexity index is 500. The van der Waals surface area contributed by atoms with E-state index in [1.54, 1.807) is 0 Å². The van der Waals surface area contributed by atoms with Crippen molar-refractivity contribution in [3.8, 4) is 0 Å². The standard InChI is InChI=1S/C15H15PS/c1-2-13-16(17,14-9-5-3-6-10-14)15-11-7-4-8-12-15/h2-13H,1H3/b13-2+. The molecule has 2 rings (SSSR count). The van der Waals surface area contributed by atoms with E-state index < -0.39 is 6.04 Å².